The fourth-order valence-corrected chi connectivity index (χ4v) is 2.85. The summed E-state index contributed by atoms with van der Waals surface area (Å²) < 4.78 is 10.8. The van der Waals surface area contributed by atoms with Crippen LogP contribution in [0, 0.1) is 0 Å². The Morgan fingerprint density at radius 2 is 1.50 bits per heavy atom. The second kappa shape index (κ2) is 8.59. The molecule has 1 saturated heterocycles. The van der Waals surface area contributed by atoms with Crippen molar-refractivity contribution in [2.45, 2.75) is 30.7 Å². The lowest BCUT2D eigenvalue weighted by molar-refractivity contribution is -0.277. The highest BCUT2D eigenvalue weighted by Gasteiger charge is 2.44. The van der Waals surface area contributed by atoms with E-state index in [-0.39, 0.29) is 17.2 Å². The summed E-state index contributed by atoms with van der Waals surface area (Å²) in [5, 5.41) is 58.2. The zero-order valence-electron chi connectivity index (χ0n) is 14.8. The van der Waals surface area contributed by atoms with Gasteiger partial charge in [-0.25, -0.2) is 0 Å². The highest BCUT2D eigenvalue weighted by molar-refractivity contribution is 5.71. The third-order valence-electron chi connectivity index (χ3n) is 4.38. The van der Waals surface area contributed by atoms with Crippen LogP contribution < -0.4 is 4.74 Å². The third-order valence-corrected chi connectivity index (χ3v) is 4.38. The van der Waals surface area contributed by atoms with Crippen LogP contribution in [0.25, 0.3) is 12.2 Å². The average molecular weight is 390 g/mol. The molecular weight excluding hydrogens is 368 g/mol. The van der Waals surface area contributed by atoms with Crippen molar-refractivity contribution in [1.29, 1.82) is 0 Å². The summed E-state index contributed by atoms with van der Waals surface area (Å²) in [6.07, 6.45) is -3.52. The quantitative estimate of drug-likeness (QED) is 0.405. The number of benzene rings is 2. The van der Waals surface area contributed by atoms with Crippen LogP contribution in [0.4, 0.5) is 0 Å². The molecule has 0 amide bonds. The van der Waals surface area contributed by atoms with Crippen LogP contribution in [0.1, 0.15) is 11.1 Å². The zero-order valence-corrected chi connectivity index (χ0v) is 14.8. The summed E-state index contributed by atoms with van der Waals surface area (Å²) in [6.45, 7) is -0.564. The molecule has 0 saturated carbocycles. The molecule has 28 heavy (non-hydrogen) atoms. The van der Waals surface area contributed by atoms with Crippen LogP contribution in [0.15, 0.2) is 42.5 Å². The Kier molecular flexibility index (Phi) is 6.18. The number of aliphatic hydroxyl groups is 4. The molecule has 2 aromatic carbocycles. The molecule has 1 aliphatic heterocycles. The van der Waals surface area contributed by atoms with Gasteiger partial charge in [-0.05, 0) is 35.4 Å². The van der Waals surface area contributed by atoms with Gasteiger partial charge < -0.3 is 40.1 Å². The van der Waals surface area contributed by atoms with E-state index in [2.05, 4.69) is 0 Å². The smallest absolute Gasteiger partial charge is 0.229 e. The first-order valence-corrected chi connectivity index (χ1v) is 8.65. The van der Waals surface area contributed by atoms with E-state index in [4.69, 9.17) is 9.47 Å². The predicted molar refractivity (Wildman–Crippen MR) is 99.5 cm³/mol. The molecule has 2 aromatic rings. The fourth-order valence-electron chi connectivity index (χ4n) is 2.85. The van der Waals surface area contributed by atoms with Crippen molar-refractivity contribution < 1.29 is 40.1 Å². The van der Waals surface area contributed by atoms with Gasteiger partial charge in [0.2, 0.25) is 6.29 Å². The first-order chi connectivity index (χ1) is 13.4. The summed E-state index contributed by atoms with van der Waals surface area (Å²) in [7, 11) is 0. The Morgan fingerprint density at radius 1 is 0.821 bits per heavy atom. The molecule has 0 aromatic heterocycles. The molecular formula is C20H22O8. The van der Waals surface area contributed by atoms with Crippen molar-refractivity contribution >= 4 is 12.2 Å². The predicted octanol–water partition coefficient (Wildman–Crippen LogP) is 0.447. The van der Waals surface area contributed by atoms with Gasteiger partial charge in [0.05, 0.1) is 6.61 Å². The summed E-state index contributed by atoms with van der Waals surface area (Å²) in [4.78, 5) is 0. The van der Waals surface area contributed by atoms with Gasteiger partial charge >= 0.3 is 0 Å². The Morgan fingerprint density at radius 3 is 2.18 bits per heavy atom. The van der Waals surface area contributed by atoms with Crippen LogP contribution in [-0.2, 0) is 4.74 Å². The van der Waals surface area contributed by atoms with E-state index >= 15 is 0 Å². The van der Waals surface area contributed by atoms with Gasteiger partial charge in [-0.2, -0.15) is 0 Å². The molecule has 5 atom stereocenters. The standard InChI is InChI=1S/C20H22O8/c21-10-16-17(24)18(25)19(26)20(28-16)27-15-8-12(7-14(23)9-15)2-1-11-3-5-13(22)6-4-11/h1-9,16-26H,10H2/b2-1+/t16?,17-,18?,19?,20+/m1/s1. The van der Waals surface area contributed by atoms with Gasteiger partial charge in [-0.15, -0.1) is 0 Å². The van der Waals surface area contributed by atoms with E-state index in [1.165, 1.54) is 12.1 Å². The third kappa shape index (κ3) is 4.61. The van der Waals surface area contributed by atoms with E-state index in [9.17, 15) is 30.6 Å². The Labute approximate surface area is 161 Å². The Hall–Kier alpha value is -2.62. The average Bonchev–Trinajstić information content (AvgIpc) is 2.67. The number of aliphatic hydroxyl groups excluding tert-OH is 4. The molecule has 3 rings (SSSR count). The van der Waals surface area contributed by atoms with Crippen molar-refractivity contribution in [3.8, 4) is 17.2 Å². The first kappa shape index (κ1) is 20.1. The fraction of sp³-hybridized carbons (Fsp3) is 0.300. The lowest BCUT2D eigenvalue weighted by atomic mass is 9.99. The zero-order chi connectivity index (χ0) is 20.3. The number of hydrogen-bond donors (Lipinski definition) is 6. The molecule has 6 N–H and O–H groups in total. The molecule has 150 valence electrons. The SMILES string of the molecule is OCC1O[C@H](Oc2cc(O)cc(/C=C/c3ccc(O)cc3)c2)C(O)C(O)[C@@H]1O. The molecule has 3 unspecified atom stereocenters. The van der Waals surface area contributed by atoms with E-state index in [1.807, 2.05) is 0 Å². The highest BCUT2D eigenvalue weighted by atomic mass is 16.7. The summed E-state index contributed by atoms with van der Waals surface area (Å²) >= 11 is 0. The topological polar surface area (TPSA) is 140 Å². The van der Waals surface area contributed by atoms with E-state index in [1.54, 1.807) is 42.5 Å². The summed E-state index contributed by atoms with van der Waals surface area (Å²) in [5.41, 5.74) is 1.42. The van der Waals surface area contributed by atoms with Crippen LogP contribution in [0.3, 0.4) is 0 Å². The van der Waals surface area contributed by atoms with Gasteiger partial charge in [0.25, 0.3) is 0 Å². The van der Waals surface area contributed by atoms with E-state index < -0.39 is 37.3 Å². The number of rotatable bonds is 5. The minimum atomic E-state index is -1.55. The van der Waals surface area contributed by atoms with Crippen molar-refractivity contribution in [2.24, 2.45) is 0 Å². The lowest BCUT2D eigenvalue weighted by Gasteiger charge is -2.39. The maximum Gasteiger partial charge on any atom is 0.229 e. The van der Waals surface area contributed by atoms with Crippen molar-refractivity contribution in [2.75, 3.05) is 6.61 Å². The first-order valence-electron chi connectivity index (χ1n) is 8.65. The molecule has 1 heterocycles. The second-order valence-electron chi connectivity index (χ2n) is 6.50. The maximum absolute atomic E-state index is 10.1. The monoisotopic (exact) mass is 390 g/mol. The van der Waals surface area contributed by atoms with Crippen LogP contribution in [0.2, 0.25) is 0 Å². The molecule has 1 aliphatic rings. The van der Waals surface area contributed by atoms with Crippen LogP contribution >= 0.6 is 0 Å². The van der Waals surface area contributed by atoms with Gasteiger partial charge in [-0.3, -0.25) is 0 Å². The Balaban J connectivity index is 1.76. The molecule has 0 aliphatic carbocycles. The van der Waals surface area contributed by atoms with Crippen molar-refractivity contribution in [3.05, 3.63) is 53.6 Å². The summed E-state index contributed by atoms with van der Waals surface area (Å²) in [5.74, 6) is 0.229. The minimum Gasteiger partial charge on any atom is -0.508 e. The molecule has 8 nitrogen and oxygen atoms in total. The van der Waals surface area contributed by atoms with Gasteiger partial charge in [0.15, 0.2) is 0 Å². The molecule has 0 spiro atoms. The van der Waals surface area contributed by atoms with Crippen LogP contribution in [0.5, 0.6) is 17.2 Å². The normalized spacial score (nSPS) is 27.8. The molecule has 0 bridgehead atoms. The molecule has 8 heteroatoms. The molecule has 0 radical (unpaired) electrons. The van der Waals surface area contributed by atoms with Crippen molar-refractivity contribution in [1.82, 2.24) is 0 Å². The number of aromatic hydroxyl groups is 2. The second-order valence-corrected chi connectivity index (χ2v) is 6.50. The maximum atomic E-state index is 10.1. The number of phenolic OH excluding ortho intramolecular Hbond substituents is 2. The Bertz CT molecular complexity index is 817. The summed E-state index contributed by atoms with van der Waals surface area (Å²) in [6, 6.07) is 10.9. The minimum absolute atomic E-state index is 0.0903. The molecule has 1 fully saturated rings. The van der Waals surface area contributed by atoms with Crippen LogP contribution in [-0.4, -0.2) is 68.0 Å². The highest BCUT2D eigenvalue weighted by Crippen LogP contribution is 2.28. The van der Waals surface area contributed by atoms with Gasteiger partial charge in [0, 0.05) is 6.07 Å². The largest absolute Gasteiger partial charge is 0.508 e. The van der Waals surface area contributed by atoms with Crippen molar-refractivity contribution in [3.63, 3.8) is 0 Å². The number of ether oxygens (including phenoxy) is 2. The number of hydrogen-bond acceptors (Lipinski definition) is 8. The van der Waals surface area contributed by atoms with E-state index in [0.29, 0.717) is 5.56 Å². The van der Waals surface area contributed by atoms with E-state index in [0.717, 1.165) is 5.56 Å². The lowest BCUT2D eigenvalue weighted by Crippen LogP contribution is -2.60. The van der Waals surface area contributed by atoms with Gasteiger partial charge in [0.1, 0.15) is 41.7 Å². The number of phenols is 2. The van der Waals surface area contributed by atoms with Gasteiger partial charge in [-0.1, -0.05) is 24.3 Å².